The summed E-state index contributed by atoms with van der Waals surface area (Å²) in [6, 6.07) is 0. The number of nitrogens with two attached hydrogens (primary N) is 1. The lowest BCUT2D eigenvalue weighted by Gasteiger charge is -2.27. The van der Waals surface area contributed by atoms with E-state index in [-0.39, 0.29) is 6.61 Å². The molecular formula is C14H23N5O3. The van der Waals surface area contributed by atoms with Crippen LogP contribution in [0.4, 0.5) is 5.82 Å². The summed E-state index contributed by atoms with van der Waals surface area (Å²) in [5.74, 6) is 0.309. The third kappa shape index (κ3) is 3.34. The second-order valence-electron chi connectivity index (χ2n) is 5.16. The van der Waals surface area contributed by atoms with E-state index >= 15 is 0 Å². The normalized spacial score (nSPS) is 15.8. The van der Waals surface area contributed by atoms with Crippen LogP contribution in [-0.2, 0) is 4.74 Å². The molecule has 2 aromatic rings. The monoisotopic (exact) mass is 309 g/mol. The van der Waals surface area contributed by atoms with E-state index < -0.39 is 18.4 Å². The molecule has 0 radical (unpaired) electrons. The van der Waals surface area contributed by atoms with Gasteiger partial charge in [0.2, 0.25) is 0 Å². The van der Waals surface area contributed by atoms with E-state index in [9.17, 15) is 10.2 Å². The van der Waals surface area contributed by atoms with Gasteiger partial charge in [0.05, 0.1) is 19.0 Å². The van der Waals surface area contributed by atoms with Crippen molar-refractivity contribution in [1.29, 1.82) is 0 Å². The first-order chi connectivity index (χ1) is 10.6. The van der Waals surface area contributed by atoms with Crippen LogP contribution in [0.5, 0.6) is 0 Å². The highest BCUT2D eigenvalue weighted by atomic mass is 16.5. The average molecular weight is 309 g/mol. The zero-order valence-electron chi connectivity index (χ0n) is 12.9. The largest absolute Gasteiger partial charge is 0.394 e. The van der Waals surface area contributed by atoms with Gasteiger partial charge >= 0.3 is 0 Å². The second-order valence-corrected chi connectivity index (χ2v) is 5.16. The fourth-order valence-electron chi connectivity index (χ4n) is 2.38. The van der Waals surface area contributed by atoms with Gasteiger partial charge in [-0.25, -0.2) is 15.0 Å². The van der Waals surface area contributed by atoms with Crippen molar-refractivity contribution in [3.8, 4) is 0 Å². The van der Waals surface area contributed by atoms with Gasteiger partial charge in [-0.05, 0) is 12.8 Å². The molecule has 0 aliphatic heterocycles. The third-order valence-electron chi connectivity index (χ3n) is 3.57. The first kappa shape index (κ1) is 16.6. The van der Waals surface area contributed by atoms with E-state index in [2.05, 4.69) is 15.0 Å². The van der Waals surface area contributed by atoms with Crippen molar-refractivity contribution in [2.45, 2.75) is 51.5 Å². The van der Waals surface area contributed by atoms with Crippen molar-refractivity contribution in [3.05, 3.63) is 12.7 Å². The summed E-state index contributed by atoms with van der Waals surface area (Å²) in [5.41, 5.74) is 6.86. The lowest BCUT2D eigenvalue weighted by Crippen LogP contribution is -2.34. The standard InChI is InChI=1S/C14H23N5O3/c1-3-5-9(21)10(6-20)22-11(4-2)19-8-18-12-13(15)16-7-17-14(12)19/h7-11,20-21H,3-6H2,1-2H3,(H2,15,16,17). The summed E-state index contributed by atoms with van der Waals surface area (Å²) in [5, 5.41) is 19.5. The molecular weight excluding hydrogens is 286 g/mol. The molecule has 0 saturated carbocycles. The molecule has 0 spiro atoms. The number of nitrogens with zero attached hydrogens (tertiary/aromatic N) is 4. The number of ether oxygens (including phenoxy) is 1. The molecule has 0 fully saturated rings. The summed E-state index contributed by atoms with van der Waals surface area (Å²) in [6.07, 6.45) is 3.22. The molecule has 3 atom stereocenters. The Hall–Kier alpha value is -1.77. The van der Waals surface area contributed by atoms with E-state index in [1.165, 1.54) is 6.33 Å². The topological polar surface area (TPSA) is 119 Å². The molecule has 0 bridgehead atoms. The number of rotatable bonds is 8. The number of anilines is 1. The Morgan fingerprint density at radius 3 is 2.73 bits per heavy atom. The summed E-state index contributed by atoms with van der Waals surface area (Å²) < 4.78 is 7.62. The maximum absolute atomic E-state index is 10.1. The van der Waals surface area contributed by atoms with Crippen molar-refractivity contribution in [3.63, 3.8) is 0 Å². The Labute approximate surface area is 129 Å². The smallest absolute Gasteiger partial charge is 0.167 e. The molecule has 2 rings (SSSR count). The predicted octanol–water partition coefficient (Wildman–Crippen LogP) is 0.856. The van der Waals surface area contributed by atoms with Crippen LogP contribution in [0.3, 0.4) is 0 Å². The van der Waals surface area contributed by atoms with Crippen LogP contribution in [0.15, 0.2) is 12.7 Å². The van der Waals surface area contributed by atoms with E-state index in [1.807, 2.05) is 13.8 Å². The minimum Gasteiger partial charge on any atom is -0.394 e. The first-order valence-corrected chi connectivity index (χ1v) is 7.49. The van der Waals surface area contributed by atoms with E-state index in [0.29, 0.717) is 29.8 Å². The van der Waals surface area contributed by atoms with Crippen molar-refractivity contribution >= 4 is 17.0 Å². The zero-order valence-corrected chi connectivity index (χ0v) is 12.9. The Morgan fingerprint density at radius 1 is 1.32 bits per heavy atom. The van der Waals surface area contributed by atoms with Gasteiger partial charge in [-0.1, -0.05) is 20.3 Å². The first-order valence-electron chi connectivity index (χ1n) is 7.49. The number of fused-ring (bicyclic) bond motifs is 1. The van der Waals surface area contributed by atoms with Crippen molar-refractivity contribution in [2.24, 2.45) is 0 Å². The minimum absolute atomic E-state index is 0.249. The van der Waals surface area contributed by atoms with Gasteiger partial charge in [-0.15, -0.1) is 0 Å². The molecule has 4 N–H and O–H groups in total. The predicted molar refractivity (Wildman–Crippen MR) is 81.9 cm³/mol. The fourth-order valence-corrected chi connectivity index (χ4v) is 2.38. The number of nitrogen functional groups attached to an aromatic ring is 1. The summed E-state index contributed by atoms with van der Waals surface area (Å²) >= 11 is 0. The maximum atomic E-state index is 10.1. The maximum Gasteiger partial charge on any atom is 0.167 e. The van der Waals surface area contributed by atoms with Gasteiger partial charge in [0.1, 0.15) is 24.2 Å². The van der Waals surface area contributed by atoms with Crippen molar-refractivity contribution in [2.75, 3.05) is 12.3 Å². The van der Waals surface area contributed by atoms with Crippen LogP contribution in [0.1, 0.15) is 39.3 Å². The highest BCUT2D eigenvalue weighted by Crippen LogP contribution is 2.24. The quantitative estimate of drug-likeness (QED) is 0.661. The Bertz CT molecular complexity index is 603. The van der Waals surface area contributed by atoms with Crippen LogP contribution in [-0.4, -0.2) is 48.5 Å². The second kappa shape index (κ2) is 7.48. The molecule has 0 saturated heterocycles. The minimum atomic E-state index is -0.710. The Balaban J connectivity index is 2.24. The lowest BCUT2D eigenvalue weighted by molar-refractivity contribution is -0.124. The number of hydrogen-bond acceptors (Lipinski definition) is 7. The van der Waals surface area contributed by atoms with E-state index in [4.69, 9.17) is 10.5 Å². The van der Waals surface area contributed by atoms with E-state index in [0.717, 1.165) is 6.42 Å². The van der Waals surface area contributed by atoms with Crippen LogP contribution in [0.2, 0.25) is 0 Å². The summed E-state index contributed by atoms with van der Waals surface area (Å²) in [4.78, 5) is 12.3. The number of imidazole rings is 1. The van der Waals surface area contributed by atoms with Gasteiger partial charge < -0.3 is 20.7 Å². The summed E-state index contributed by atoms with van der Waals surface area (Å²) in [7, 11) is 0. The van der Waals surface area contributed by atoms with Crippen LogP contribution in [0.25, 0.3) is 11.2 Å². The van der Waals surface area contributed by atoms with Crippen LogP contribution < -0.4 is 5.73 Å². The van der Waals surface area contributed by atoms with Crippen LogP contribution >= 0.6 is 0 Å². The molecule has 22 heavy (non-hydrogen) atoms. The van der Waals surface area contributed by atoms with Crippen molar-refractivity contribution < 1.29 is 14.9 Å². The van der Waals surface area contributed by atoms with Gasteiger partial charge in [0.25, 0.3) is 0 Å². The SMILES string of the molecule is CCCC(O)C(CO)OC(CC)n1cnc2c(N)ncnc21. The summed E-state index contributed by atoms with van der Waals surface area (Å²) in [6.45, 7) is 3.67. The highest BCUT2D eigenvalue weighted by molar-refractivity contribution is 5.81. The zero-order chi connectivity index (χ0) is 16.1. The lowest BCUT2D eigenvalue weighted by atomic mass is 10.1. The van der Waals surface area contributed by atoms with Gasteiger partial charge in [-0.3, -0.25) is 4.57 Å². The van der Waals surface area contributed by atoms with E-state index in [1.54, 1.807) is 10.9 Å². The Morgan fingerprint density at radius 2 is 2.09 bits per heavy atom. The number of aromatic nitrogens is 4. The molecule has 0 aliphatic rings. The number of aliphatic hydroxyl groups is 2. The van der Waals surface area contributed by atoms with Crippen LogP contribution in [0, 0.1) is 0 Å². The van der Waals surface area contributed by atoms with Gasteiger partial charge in [0.15, 0.2) is 11.5 Å². The average Bonchev–Trinajstić information content (AvgIpc) is 2.94. The molecule has 2 heterocycles. The third-order valence-corrected chi connectivity index (χ3v) is 3.57. The highest BCUT2D eigenvalue weighted by Gasteiger charge is 2.24. The molecule has 8 heteroatoms. The molecule has 0 amide bonds. The van der Waals surface area contributed by atoms with Gasteiger partial charge in [0, 0.05) is 0 Å². The molecule has 8 nitrogen and oxygen atoms in total. The fraction of sp³-hybridized carbons (Fsp3) is 0.643. The number of hydrogen-bond donors (Lipinski definition) is 3. The van der Waals surface area contributed by atoms with Crippen molar-refractivity contribution in [1.82, 2.24) is 19.5 Å². The molecule has 122 valence electrons. The molecule has 0 aliphatic carbocycles. The molecule has 2 aromatic heterocycles. The Kier molecular flexibility index (Phi) is 5.64. The number of aliphatic hydroxyl groups excluding tert-OH is 2. The molecule has 3 unspecified atom stereocenters. The molecule has 0 aromatic carbocycles. The van der Waals surface area contributed by atoms with Gasteiger partial charge in [-0.2, -0.15) is 0 Å².